The van der Waals surface area contributed by atoms with Crippen LogP contribution in [0.4, 0.5) is 5.82 Å². The fraction of sp³-hybridized carbons (Fsp3) is 0.583. The predicted molar refractivity (Wildman–Crippen MR) is 132 cm³/mol. The molecule has 0 unspecified atom stereocenters. The topological polar surface area (TPSA) is 103 Å². The molecule has 2 saturated heterocycles. The minimum Gasteiger partial charge on any atom is -0.494 e. The third kappa shape index (κ3) is 4.32. The van der Waals surface area contributed by atoms with Crippen molar-refractivity contribution in [2.24, 2.45) is 5.41 Å². The van der Waals surface area contributed by atoms with Gasteiger partial charge in [-0.15, -0.1) is 0 Å². The number of nitrogens with one attached hydrogen (secondary N) is 1. The Balaban J connectivity index is 1.48. The number of methoxy groups -OCH3 is 1. The molecule has 0 aliphatic carbocycles. The van der Waals surface area contributed by atoms with E-state index >= 15 is 0 Å². The summed E-state index contributed by atoms with van der Waals surface area (Å²) >= 11 is 6.51. The van der Waals surface area contributed by atoms with E-state index in [1.807, 2.05) is 20.8 Å². The normalized spacial score (nSPS) is 18.8. The third-order valence-electron chi connectivity index (χ3n) is 7.17. The summed E-state index contributed by atoms with van der Waals surface area (Å²) in [6, 6.07) is 0. The average Bonchev–Trinajstić information content (AvgIpc) is 3.39. The molecule has 5 heterocycles. The second kappa shape index (κ2) is 8.62. The molecule has 0 aromatic carbocycles. The van der Waals surface area contributed by atoms with E-state index in [-0.39, 0.29) is 5.41 Å². The lowest BCUT2D eigenvalue weighted by Gasteiger charge is -2.40. The first kappa shape index (κ1) is 23.3. The standard InChI is InChI=1S/C24H32ClN7O2/c1-15-16(11-27-30-15)21-28-19-18(17(34-4)12-26-20(19)25)22(29-21)32-9-6-24(7-10-32)5-8-31(14-24)13-23(2,3)33/h11-12,33H,5-10,13-14H2,1-4H3,(H,27,30). The van der Waals surface area contributed by atoms with Crippen molar-refractivity contribution >= 4 is 28.3 Å². The molecule has 3 aromatic rings. The summed E-state index contributed by atoms with van der Waals surface area (Å²) in [5.41, 5.74) is 1.94. The summed E-state index contributed by atoms with van der Waals surface area (Å²) in [6.07, 6.45) is 6.68. The van der Waals surface area contributed by atoms with Gasteiger partial charge in [0.15, 0.2) is 11.0 Å². The Bertz CT molecular complexity index is 1200. The number of aryl methyl sites for hydroxylation is 1. The van der Waals surface area contributed by atoms with Crippen LogP contribution in [0.5, 0.6) is 5.75 Å². The second-order valence-corrected chi connectivity index (χ2v) is 10.7. The number of nitrogens with zero attached hydrogens (tertiary/aromatic N) is 6. The van der Waals surface area contributed by atoms with Crippen LogP contribution in [-0.4, -0.2) is 80.6 Å². The van der Waals surface area contributed by atoms with E-state index in [4.69, 9.17) is 26.3 Å². The van der Waals surface area contributed by atoms with E-state index in [0.717, 1.165) is 61.5 Å². The van der Waals surface area contributed by atoms with Crippen molar-refractivity contribution in [3.63, 3.8) is 0 Å². The summed E-state index contributed by atoms with van der Waals surface area (Å²) in [6.45, 7) is 10.3. The van der Waals surface area contributed by atoms with Crippen molar-refractivity contribution in [3.8, 4) is 17.1 Å². The van der Waals surface area contributed by atoms with Crippen LogP contribution < -0.4 is 9.64 Å². The molecule has 0 bridgehead atoms. The monoisotopic (exact) mass is 485 g/mol. The van der Waals surface area contributed by atoms with Gasteiger partial charge >= 0.3 is 0 Å². The highest BCUT2D eigenvalue weighted by molar-refractivity contribution is 6.34. The first-order chi connectivity index (χ1) is 16.2. The fourth-order valence-electron chi connectivity index (χ4n) is 5.46. The quantitative estimate of drug-likeness (QED) is 0.530. The van der Waals surface area contributed by atoms with Crippen LogP contribution in [0.3, 0.4) is 0 Å². The lowest BCUT2D eigenvalue weighted by molar-refractivity contribution is 0.0390. The van der Waals surface area contributed by atoms with Gasteiger partial charge in [-0.2, -0.15) is 5.10 Å². The lowest BCUT2D eigenvalue weighted by Crippen LogP contribution is -2.43. The molecular formula is C24H32ClN7O2. The molecule has 2 fully saturated rings. The molecule has 182 valence electrons. The maximum absolute atomic E-state index is 10.3. The van der Waals surface area contributed by atoms with Gasteiger partial charge in [-0.3, -0.25) is 10.00 Å². The highest BCUT2D eigenvalue weighted by Crippen LogP contribution is 2.44. The largest absolute Gasteiger partial charge is 0.494 e. The number of β-amino-alcohol motifs (C(OH)–C–C–N with tert-alkyl or cyclic N) is 1. The number of aromatic amines is 1. The summed E-state index contributed by atoms with van der Waals surface area (Å²) in [4.78, 5) is 18.8. The molecule has 9 nitrogen and oxygen atoms in total. The minimum atomic E-state index is -0.669. The molecule has 2 aliphatic rings. The molecule has 2 N–H and O–H groups in total. The number of likely N-dealkylation sites (tertiary alicyclic amines) is 1. The van der Waals surface area contributed by atoms with E-state index in [1.165, 1.54) is 6.42 Å². The first-order valence-electron chi connectivity index (χ1n) is 11.8. The van der Waals surface area contributed by atoms with Crippen LogP contribution >= 0.6 is 11.6 Å². The van der Waals surface area contributed by atoms with E-state index < -0.39 is 5.60 Å². The maximum atomic E-state index is 10.3. The van der Waals surface area contributed by atoms with Gasteiger partial charge in [0, 0.05) is 31.9 Å². The fourth-order valence-corrected chi connectivity index (χ4v) is 5.64. The number of pyridine rings is 1. The summed E-state index contributed by atoms with van der Waals surface area (Å²) in [7, 11) is 1.63. The van der Waals surface area contributed by atoms with Crippen molar-refractivity contribution in [2.75, 3.05) is 44.7 Å². The number of piperidine rings is 1. The van der Waals surface area contributed by atoms with Crippen LogP contribution in [0, 0.1) is 12.3 Å². The number of hydrogen-bond donors (Lipinski definition) is 2. The van der Waals surface area contributed by atoms with Crippen LogP contribution in [0.1, 0.15) is 38.8 Å². The zero-order valence-corrected chi connectivity index (χ0v) is 21.0. The molecule has 0 atom stereocenters. The number of aromatic nitrogens is 5. The van der Waals surface area contributed by atoms with Crippen molar-refractivity contribution in [1.82, 2.24) is 30.0 Å². The van der Waals surface area contributed by atoms with Crippen molar-refractivity contribution < 1.29 is 9.84 Å². The number of ether oxygens (including phenoxy) is 1. The zero-order valence-electron chi connectivity index (χ0n) is 20.2. The highest BCUT2D eigenvalue weighted by Gasteiger charge is 2.42. The molecule has 34 heavy (non-hydrogen) atoms. The van der Waals surface area contributed by atoms with Gasteiger partial charge in [-0.25, -0.2) is 15.0 Å². The summed E-state index contributed by atoms with van der Waals surface area (Å²) in [5, 5.41) is 18.5. The number of anilines is 1. The third-order valence-corrected chi connectivity index (χ3v) is 7.45. The van der Waals surface area contributed by atoms with Crippen LogP contribution in [0.25, 0.3) is 22.3 Å². The first-order valence-corrected chi connectivity index (χ1v) is 12.2. The van der Waals surface area contributed by atoms with E-state index in [9.17, 15) is 5.11 Å². The van der Waals surface area contributed by atoms with Crippen molar-refractivity contribution in [2.45, 2.75) is 45.6 Å². The molecule has 5 rings (SSSR count). The predicted octanol–water partition coefficient (Wildman–Crippen LogP) is 3.45. The van der Waals surface area contributed by atoms with Gasteiger partial charge in [-0.1, -0.05) is 11.6 Å². The van der Waals surface area contributed by atoms with Gasteiger partial charge in [-0.05, 0) is 52.0 Å². The molecule has 0 saturated carbocycles. The Labute approximate surface area is 204 Å². The van der Waals surface area contributed by atoms with Crippen molar-refractivity contribution in [3.05, 3.63) is 23.2 Å². The van der Waals surface area contributed by atoms with Gasteiger partial charge in [0.05, 0.1) is 36.1 Å². The van der Waals surface area contributed by atoms with Crippen LogP contribution in [0.15, 0.2) is 12.4 Å². The number of H-pyrrole nitrogens is 1. The summed E-state index contributed by atoms with van der Waals surface area (Å²) in [5.74, 6) is 2.01. The number of rotatable bonds is 5. The summed E-state index contributed by atoms with van der Waals surface area (Å²) < 4.78 is 5.65. The van der Waals surface area contributed by atoms with Crippen LogP contribution in [-0.2, 0) is 0 Å². The average molecular weight is 486 g/mol. The molecule has 2 aliphatic heterocycles. The van der Waals surface area contributed by atoms with Gasteiger partial charge in [0.2, 0.25) is 0 Å². The van der Waals surface area contributed by atoms with Gasteiger partial charge in [0.1, 0.15) is 17.1 Å². The number of fused-ring (bicyclic) bond motifs is 1. The molecule has 1 spiro atoms. The number of halogens is 1. The van der Waals surface area contributed by atoms with E-state index in [2.05, 4.69) is 25.0 Å². The Morgan fingerprint density at radius 2 is 1.91 bits per heavy atom. The minimum absolute atomic E-state index is 0.290. The number of hydrogen-bond acceptors (Lipinski definition) is 8. The molecular weight excluding hydrogens is 454 g/mol. The van der Waals surface area contributed by atoms with Crippen LogP contribution in [0.2, 0.25) is 5.15 Å². The number of aliphatic hydroxyl groups is 1. The van der Waals surface area contributed by atoms with Gasteiger partial charge < -0.3 is 14.7 Å². The molecule has 3 aromatic heterocycles. The second-order valence-electron chi connectivity index (χ2n) is 10.4. The highest BCUT2D eigenvalue weighted by atomic mass is 35.5. The Kier molecular flexibility index (Phi) is 5.90. The Hall–Kier alpha value is -2.49. The van der Waals surface area contributed by atoms with E-state index in [0.29, 0.717) is 28.8 Å². The molecule has 0 radical (unpaired) electrons. The zero-order chi connectivity index (χ0) is 24.1. The molecule has 10 heteroatoms. The Morgan fingerprint density at radius 1 is 1.18 bits per heavy atom. The van der Waals surface area contributed by atoms with E-state index in [1.54, 1.807) is 19.5 Å². The SMILES string of the molecule is COc1cnc(Cl)c2nc(-c3cn[nH]c3C)nc(N3CCC4(CCN(CC(C)(C)O)C4)CC3)c12. The molecule has 0 amide bonds. The van der Waals surface area contributed by atoms with Gasteiger partial charge in [0.25, 0.3) is 0 Å². The maximum Gasteiger partial charge on any atom is 0.165 e. The Morgan fingerprint density at radius 3 is 2.56 bits per heavy atom. The van der Waals surface area contributed by atoms with Crippen molar-refractivity contribution in [1.29, 1.82) is 0 Å². The lowest BCUT2D eigenvalue weighted by atomic mass is 9.77. The smallest absolute Gasteiger partial charge is 0.165 e.